The van der Waals surface area contributed by atoms with Gasteiger partial charge in [-0.2, -0.15) is 0 Å². The highest BCUT2D eigenvalue weighted by Gasteiger charge is 2.19. The average Bonchev–Trinajstić information content (AvgIpc) is 2.45. The molecule has 0 aliphatic rings. The van der Waals surface area contributed by atoms with Gasteiger partial charge in [0.05, 0.1) is 0 Å². The second-order valence-electron chi connectivity index (χ2n) is 7.52. The first-order valence-electron chi connectivity index (χ1n) is 8.39. The fourth-order valence-corrected chi connectivity index (χ4v) is 2.80. The molecule has 0 radical (unpaired) electrons. The minimum absolute atomic E-state index is 0.198. The minimum atomic E-state index is 0.198. The van der Waals surface area contributed by atoms with Crippen molar-refractivity contribution in [2.45, 2.75) is 33.6 Å². The van der Waals surface area contributed by atoms with Crippen molar-refractivity contribution in [3.8, 4) is 0 Å². The number of rotatable bonds is 7. The van der Waals surface area contributed by atoms with Gasteiger partial charge in [-0.1, -0.05) is 50.6 Å². The van der Waals surface area contributed by atoms with E-state index < -0.39 is 0 Å². The quantitative estimate of drug-likeness (QED) is 0.600. The Morgan fingerprint density at radius 2 is 1.96 bits per heavy atom. The fourth-order valence-electron chi connectivity index (χ4n) is 2.80. The molecule has 1 rings (SSSR count). The van der Waals surface area contributed by atoms with E-state index in [-0.39, 0.29) is 5.41 Å². The van der Waals surface area contributed by atoms with E-state index in [1.165, 1.54) is 11.1 Å². The Bertz CT molecular complexity index is 506. The maximum atomic E-state index is 4.33. The Hall–Kier alpha value is -1.55. The monoisotopic (exact) mass is 318 g/mol. The highest BCUT2D eigenvalue weighted by atomic mass is 15.2. The van der Waals surface area contributed by atoms with Gasteiger partial charge in [0.1, 0.15) is 0 Å². The standard InChI is InChI=1S/C19H34N4/c1-15-9-8-10-17(11-15)16(2)12-21-18(20-5)22-13-19(3,4)14-23(6)7/h8-11,16H,12-14H2,1-7H3,(H2,20,21,22). The summed E-state index contributed by atoms with van der Waals surface area (Å²) < 4.78 is 0. The van der Waals surface area contributed by atoms with Crippen molar-refractivity contribution < 1.29 is 0 Å². The lowest BCUT2D eigenvalue weighted by atomic mass is 9.93. The Morgan fingerprint density at radius 1 is 1.26 bits per heavy atom. The summed E-state index contributed by atoms with van der Waals surface area (Å²) in [6.45, 7) is 11.7. The normalized spacial score (nSPS) is 14.0. The van der Waals surface area contributed by atoms with E-state index in [0.717, 1.165) is 25.6 Å². The fraction of sp³-hybridized carbons (Fsp3) is 0.632. The number of aryl methyl sites for hydroxylation is 1. The minimum Gasteiger partial charge on any atom is -0.356 e. The summed E-state index contributed by atoms with van der Waals surface area (Å²) in [5.41, 5.74) is 2.87. The van der Waals surface area contributed by atoms with E-state index >= 15 is 0 Å². The molecule has 0 aromatic heterocycles. The molecule has 4 heteroatoms. The van der Waals surface area contributed by atoms with E-state index in [1.807, 2.05) is 7.05 Å². The van der Waals surface area contributed by atoms with Crippen LogP contribution in [0, 0.1) is 12.3 Å². The van der Waals surface area contributed by atoms with Gasteiger partial charge < -0.3 is 15.5 Å². The molecular weight excluding hydrogens is 284 g/mol. The molecule has 0 aliphatic carbocycles. The third-order valence-electron chi connectivity index (χ3n) is 3.89. The van der Waals surface area contributed by atoms with Crippen molar-refractivity contribution >= 4 is 5.96 Å². The number of aliphatic imine (C=N–C) groups is 1. The summed E-state index contributed by atoms with van der Waals surface area (Å²) in [6.07, 6.45) is 0. The van der Waals surface area contributed by atoms with Crippen LogP contribution in [0.25, 0.3) is 0 Å². The molecular formula is C19H34N4. The molecule has 0 saturated carbocycles. The average molecular weight is 319 g/mol. The van der Waals surface area contributed by atoms with Gasteiger partial charge in [0.25, 0.3) is 0 Å². The largest absolute Gasteiger partial charge is 0.356 e. The van der Waals surface area contributed by atoms with Crippen LogP contribution in [0.15, 0.2) is 29.3 Å². The predicted molar refractivity (Wildman–Crippen MR) is 101 cm³/mol. The van der Waals surface area contributed by atoms with Gasteiger partial charge in [0.2, 0.25) is 0 Å². The third-order valence-corrected chi connectivity index (χ3v) is 3.89. The van der Waals surface area contributed by atoms with Gasteiger partial charge in [-0.05, 0) is 37.9 Å². The zero-order chi connectivity index (χ0) is 17.5. The third kappa shape index (κ3) is 7.51. The summed E-state index contributed by atoms with van der Waals surface area (Å²) in [6, 6.07) is 8.70. The lowest BCUT2D eigenvalue weighted by Crippen LogP contribution is -2.45. The molecule has 0 aliphatic heterocycles. The second-order valence-corrected chi connectivity index (χ2v) is 7.52. The van der Waals surface area contributed by atoms with Crippen molar-refractivity contribution in [3.05, 3.63) is 35.4 Å². The SMILES string of the molecule is CN=C(NCC(C)c1cccc(C)c1)NCC(C)(C)CN(C)C. The summed E-state index contributed by atoms with van der Waals surface area (Å²) in [4.78, 5) is 6.55. The molecule has 23 heavy (non-hydrogen) atoms. The molecule has 4 nitrogen and oxygen atoms in total. The lowest BCUT2D eigenvalue weighted by molar-refractivity contribution is 0.241. The highest BCUT2D eigenvalue weighted by molar-refractivity contribution is 5.79. The maximum Gasteiger partial charge on any atom is 0.191 e. The summed E-state index contributed by atoms with van der Waals surface area (Å²) in [7, 11) is 6.04. The highest BCUT2D eigenvalue weighted by Crippen LogP contribution is 2.16. The predicted octanol–water partition coefficient (Wildman–Crippen LogP) is 2.85. The van der Waals surface area contributed by atoms with Gasteiger partial charge in [-0.15, -0.1) is 0 Å². The first-order valence-corrected chi connectivity index (χ1v) is 8.39. The molecule has 0 fully saturated rings. The molecule has 0 spiro atoms. The lowest BCUT2D eigenvalue weighted by Gasteiger charge is -2.29. The van der Waals surface area contributed by atoms with Gasteiger partial charge in [-0.25, -0.2) is 0 Å². The van der Waals surface area contributed by atoms with Gasteiger partial charge >= 0.3 is 0 Å². The zero-order valence-electron chi connectivity index (χ0n) is 15.9. The van der Waals surface area contributed by atoms with E-state index in [9.17, 15) is 0 Å². The molecule has 0 saturated heterocycles. The Morgan fingerprint density at radius 3 is 2.52 bits per heavy atom. The molecule has 130 valence electrons. The van der Waals surface area contributed by atoms with E-state index in [1.54, 1.807) is 0 Å². The van der Waals surface area contributed by atoms with Gasteiger partial charge in [0, 0.05) is 26.7 Å². The van der Waals surface area contributed by atoms with Crippen molar-refractivity contribution in [1.82, 2.24) is 15.5 Å². The maximum absolute atomic E-state index is 4.33. The topological polar surface area (TPSA) is 39.7 Å². The Kier molecular flexibility index (Phi) is 7.56. The molecule has 1 aromatic rings. The van der Waals surface area contributed by atoms with Crippen LogP contribution in [0.3, 0.4) is 0 Å². The van der Waals surface area contributed by atoms with Crippen LogP contribution in [0.4, 0.5) is 0 Å². The van der Waals surface area contributed by atoms with Gasteiger partial charge in [0.15, 0.2) is 5.96 Å². The van der Waals surface area contributed by atoms with Crippen LogP contribution in [0.1, 0.15) is 37.8 Å². The van der Waals surface area contributed by atoms with Crippen LogP contribution in [-0.4, -0.2) is 51.6 Å². The van der Waals surface area contributed by atoms with E-state index in [0.29, 0.717) is 5.92 Å². The molecule has 2 N–H and O–H groups in total. The molecule has 1 aromatic carbocycles. The Labute approximate surface area is 142 Å². The number of hydrogen-bond acceptors (Lipinski definition) is 2. The molecule has 1 atom stereocenters. The molecule has 0 heterocycles. The van der Waals surface area contributed by atoms with Crippen LogP contribution in [0.2, 0.25) is 0 Å². The van der Waals surface area contributed by atoms with E-state index in [4.69, 9.17) is 0 Å². The van der Waals surface area contributed by atoms with Crippen LogP contribution < -0.4 is 10.6 Å². The molecule has 0 amide bonds. The number of nitrogens with zero attached hydrogens (tertiary/aromatic N) is 2. The summed E-state index contributed by atoms with van der Waals surface area (Å²) in [5, 5.41) is 6.88. The van der Waals surface area contributed by atoms with Crippen LogP contribution >= 0.6 is 0 Å². The zero-order valence-corrected chi connectivity index (χ0v) is 15.9. The van der Waals surface area contributed by atoms with Crippen molar-refractivity contribution in [2.24, 2.45) is 10.4 Å². The number of guanidine groups is 1. The van der Waals surface area contributed by atoms with Crippen molar-refractivity contribution in [3.63, 3.8) is 0 Å². The van der Waals surface area contributed by atoms with Gasteiger partial charge in [-0.3, -0.25) is 4.99 Å². The number of hydrogen-bond donors (Lipinski definition) is 2. The summed E-state index contributed by atoms with van der Waals surface area (Å²) in [5.74, 6) is 1.32. The van der Waals surface area contributed by atoms with Crippen LogP contribution in [-0.2, 0) is 0 Å². The Balaban J connectivity index is 2.48. The molecule has 1 unspecified atom stereocenters. The van der Waals surface area contributed by atoms with Crippen molar-refractivity contribution in [1.29, 1.82) is 0 Å². The van der Waals surface area contributed by atoms with Crippen LogP contribution in [0.5, 0.6) is 0 Å². The first kappa shape index (κ1) is 19.5. The molecule has 0 bridgehead atoms. The number of benzene rings is 1. The first-order chi connectivity index (χ1) is 10.7. The second kappa shape index (κ2) is 8.92. The summed E-state index contributed by atoms with van der Waals surface area (Å²) >= 11 is 0. The van der Waals surface area contributed by atoms with E-state index in [2.05, 4.69) is 86.6 Å². The number of nitrogens with one attached hydrogen (secondary N) is 2. The smallest absolute Gasteiger partial charge is 0.191 e. The van der Waals surface area contributed by atoms with Crippen molar-refractivity contribution in [2.75, 3.05) is 40.8 Å².